The topological polar surface area (TPSA) is 70.1 Å². The fourth-order valence-corrected chi connectivity index (χ4v) is 3.52. The lowest BCUT2D eigenvalue weighted by Gasteiger charge is -2.30. The van der Waals surface area contributed by atoms with Crippen LogP contribution >= 0.6 is 0 Å². The Morgan fingerprint density at radius 3 is 2.50 bits per heavy atom. The zero-order chi connectivity index (χ0) is 19.5. The van der Waals surface area contributed by atoms with Crippen LogP contribution in [0.1, 0.15) is 17.5 Å². The van der Waals surface area contributed by atoms with E-state index < -0.39 is 11.2 Å². The Balaban J connectivity index is 1.54. The van der Waals surface area contributed by atoms with Gasteiger partial charge in [0.25, 0.3) is 5.56 Å². The van der Waals surface area contributed by atoms with Gasteiger partial charge in [-0.25, -0.2) is 13.8 Å². The largest absolute Gasteiger partial charge is 0.358 e. The van der Waals surface area contributed by atoms with Crippen molar-refractivity contribution in [2.45, 2.75) is 19.4 Å². The van der Waals surface area contributed by atoms with Gasteiger partial charge >= 0.3 is 5.69 Å². The van der Waals surface area contributed by atoms with E-state index in [4.69, 9.17) is 0 Å². The molecule has 0 radical (unpaired) electrons. The van der Waals surface area contributed by atoms with Crippen LogP contribution in [0.4, 0.5) is 10.2 Å². The van der Waals surface area contributed by atoms with Crippen molar-refractivity contribution in [2.24, 2.45) is 0 Å². The first-order valence-corrected chi connectivity index (χ1v) is 9.26. The van der Waals surface area contributed by atoms with E-state index in [0.29, 0.717) is 30.3 Å². The summed E-state index contributed by atoms with van der Waals surface area (Å²) in [5.41, 5.74) is 1.37. The molecule has 2 aromatic carbocycles. The molecule has 0 amide bonds. The van der Waals surface area contributed by atoms with Crippen LogP contribution in [0, 0.1) is 5.82 Å². The number of H-pyrrole nitrogens is 1. The van der Waals surface area contributed by atoms with Crippen LogP contribution < -0.4 is 16.6 Å². The van der Waals surface area contributed by atoms with Crippen molar-refractivity contribution in [2.75, 3.05) is 18.5 Å². The van der Waals surface area contributed by atoms with E-state index in [1.54, 1.807) is 0 Å². The van der Waals surface area contributed by atoms with Gasteiger partial charge in [0.15, 0.2) is 0 Å². The number of hydrogen-bond donors (Lipinski definition) is 2. The van der Waals surface area contributed by atoms with Gasteiger partial charge in [-0.2, -0.15) is 0 Å². The Labute approximate surface area is 161 Å². The van der Waals surface area contributed by atoms with Gasteiger partial charge in [-0.15, -0.1) is 0 Å². The quantitative estimate of drug-likeness (QED) is 0.714. The van der Waals surface area contributed by atoms with Crippen molar-refractivity contribution in [1.29, 1.82) is 0 Å². The number of aryl methyl sites for hydroxylation is 1. The molecule has 0 bridgehead atoms. The number of rotatable bonds is 5. The molecule has 144 valence electrons. The molecule has 6 nitrogen and oxygen atoms in total. The standard InChI is InChI=1S/C21H21FN4O2/c22-16-8-10-17(11-9-16)26-19-18(20(27)24-21(26)28)13-25(14-23-19)12-4-7-15-5-2-1-3-6-15/h1-3,5-6,8-11,23H,4,7,12-14H2,(H,24,27,28). The minimum absolute atomic E-state index is 0.382. The smallest absolute Gasteiger partial charge is 0.334 e. The Kier molecular flexibility index (Phi) is 5.08. The van der Waals surface area contributed by atoms with Crippen molar-refractivity contribution < 1.29 is 4.39 Å². The summed E-state index contributed by atoms with van der Waals surface area (Å²) in [4.78, 5) is 29.2. The molecule has 2 N–H and O–H groups in total. The molecule has 28 heavy (non-hydrogen) atoms. The van der Waals surface area contributed by atoms with Crippen LogP contribution in [0.3, 0.4) is 0 Å². The van der Waals surface area contributed by atoms with Gasteiger partial charge < -0.3 is 5.32 Å². The van der Waals surface area contributed by atoms with E-state index in [9.17, 15) is 14.0 Å². The zero-order valence-electron chi connectivity index (χ0n) is 15.3. The maximum Gasteiger partial charge on any atom is 0.334 e. The molecule has 0 aliphatic carbocycles. The predicted molar refractivity (Wildman–Crippen MR) is 106 cm³/mol. The van der Waals surface area contributed by atoms with Crippen LogP contribution in [0.15, 0.2) is 64.2 Å². The van der Waals surface area contributed by atoms with E-state index in [2.05, 4.69) is 27.3 Å². The van der Waals surface area contributed by atoms with Crippen molar-refractivity contribution in [1.82, 2.24) is 14.5 Å². The highest BCUT2D eigenvalue weighted by Gasteiger charge is 2.23. The molecule has 0 atom stereocenters. The fourth-order valence-electron chi connectivity index (χ4n) is 3.52. The molecule has 1 aliphatic heterocycles. The number of halogens is 1. The van der Waals surface area contributed by atoms with E-state index >= 15 is 0 Å². The molecule has 7 heteroatoms. The first kappa shape index (κ1) is 18.2. The van der Waals surface area contributed by atoms with Crippen LogP contribution in [0.5, 0.6) is 0 Å². The minimum atomic E-state index is -0.541. The molecule has 0 saturated carbocycles. The van der Waals surface area contributed by atoms with Crippen molar-refractivity contribution in [3.05, 3.63) is 92.4 Å². The number of aromatic amines is 1. The molecular formula is C21H21FN4O2. The number of nitrogens with zero attached hydrogens (tertiary/aromatic N) is 2. The molecular weight excluding hydrogens is 359 g/mol. The molecule has 2 heterocycles. The van der Waals surface area contributed by atoms with Crippen molar-refractivity contribution >= 4 is 5.82 Å². The van der Waals surface area contributed by atoms with E-state index in [-0.39, 0.29) is 5.82 Å². The first-order valence-electron chi connectivity index (χ1n) is 9.26. The monoisotopic (exact) mass is 380 g/mol. The summed E-state index contributed by atoms with van der Waals surface area (Å²) >= 11 is 0. The third-order valence-electron chi connectivity index (χ3n) is 4.93. The predicted octanol–water partition coefficient (Wildman–Crippen LogP) is 2.48. The number of aromatic nitrogens is 2. The fraction of sp³-hybridized carbons (Fsp3) is 0.238. The summed E-state index contributed by atoms with van der Waals surface area (Å²) in [5.74, 6) is 0.0901. The lowest BCUT2D eigenvalue weighted by atomic mass is 10.1. The van der Waals surface area contributed by atoms with Gasteiger partial charge in [-0.1, -0.05) is 30.3 Å². The Morgan fingerprint density at radius 1 is 1.00 bits per heavy atom. The SMILES string of the molecule is O=c1[nH]c(=O)n(-c2ccc(F)cc2)c2c1CN(CCCc1ccccc1)CN2. The summed E-state index contributed by atoms with van der Waals surface area (Å²) in [5, 5.41) is 3.20. The molecule has 0 fully saturated rings. The third kappa shape index (κ3) is 3.75. The Morgan fingerprint density at radius 2 is 1.75 bits per heavy atom. The number of anilines is 1. The summed E-state index contributed by atoms with van der Waals surface area (Å²) in [7, 11) is 0. The maximum absolute atomic E-state index is 13.2. The molecule has 0 unspecified atom stereocenters. The van der Waals surface area contributed by atoms with Crippen LogP contribution in [0.25, 0.3) is 5.69 Å². The van der Waals surface area contributed by atoms with Gasteiger partial charge in [0.1, 0.15) is 11.6 Å². The second-order valence-electron chi connectivity index (χ2n) is 6.87. The van der Waals surface area contributed by atoms with E-state index in [1.807, 2.05) is 18.2 Å². The summed E-state index contributed by atoms with van der Waals surface area (Å²) in [6, 6.07) is 15.9. The summed E-state index contributed by atoms with van der Waals surface area (Å²) in [6.45, 7) is 1.82. The molecule has 1 aliphatic rings. The highest BCUT2D eigenvalue weighted by atomic mass is 19.1. The van der Waals surface area contributed by atoms with Crippen molar-refractivity contribution in [3.8, 4) is 5.69 Å². The van der Waals surface area contributed by atoms with Crippen LogP contribution in [-0.4, -0.2) is 27.7 Å². The van der Waals surface area contributed by atoms with Gasteiger partial charge in [0.05, 0.1) is 17.9 Å². The second kappa shape index (κ2) is 7.82. The number of fused-ring (bicyclic) bond motifs is 1. The first-order chi connectivity index (χ1) is 13.6. The van der Waals surface area contributed by atoms with Gasteiger partial charge in [-0.3, -0.25) is 14.7 Å². The summed E-state index contributed by atoms with van der Waals surface area (Å²) < 4.78 is 14.6. The lowest BCUT2D eigenvalue weighted by Crippen LogP contribution is -2.43. The van der Waals surface area contributed by atoms with Crippen molar-refractivity contribution in [3.63, 3.8) is 0 Å². The molecule has 1 aromatic heterocycles. The normalized spacial score (nSPS) is 13.8. The van der Waals surface area contributed by atoms with Crippen LogP contribution in [0.2, 0.25) is 0 Å². The molecule has 4 rings (SSSR count). The second-order valence-corrected chi connectivity index (χ2v) is 6.87. The third-order valence-corrected chi connectivity index (χ3v) is 4.93. The van der Waals surface area contributed by atoms with E-state index in [1.165, 1.54) is 34.4 Å². The summed E-state index contributed by atoms with van der Waals surface area (Å²) in [6.07, 6.45) is 1.94. The highest BCUT2D eigenvalue weighted by Crippen LogP contribution is 2.21. The number of hydrogen-bond acceptors (Lipinski definition) is 4. The Hall–Kier alpha value is -3.19. The lowest BCUT2D eigenvalue weighted by molar-refractivity contribution is 0.269. The maximum atomic E-state index is 13.2. The molecule has 0 saturated heterocycles. The van der Waals surface area contributed by atoms with Gasteiger partial charge in [-0.05, 0) is 42.7 Å². The minimum Gasteiger partial charge on any atom is -0.358 e. The molecule has 3 aromatic rings. The average molecular weight is 380 g/mol. The zero-order valence-corrected chi connectivity index (χ0v) is 15.3. The number of benzene rings is 2. The molecule has 0 spiro atoms. The average Bonchev–Trinajstić information content (AvgIpc) is 2.70. The number of nitrogens with one attached hydrogen (secondary N) is 2. The van der Waals surface area contributed by atoms with Crippen LogP contribution in [-0.2, 0) is 13.0 Å². The van der Waals surface area contributed by atoms with Gasteiger partial charge in [0.2, 0.25) is 0 Å². The Bertz CT molecular complexity index is 1070. The highest BCUT2D eigenvalue weighted by molar-refractivity contribution is 5.51. The van der Waals surface area contributed by atoms with Gasteiger partial charge in [0, 0.05) is 13.1 Å². The van der Waals surface area contributed by atoms with E-state index in [0.717, 1.165) is 19.4 Å².